The van der Waals surface area contributed by atoms with Crippen LogP contribution in [0.25, 0.3) is 93.9 Å². The van der Waals surface area contributed by atoms with Gasteiger partial charge in [-0.15, -0.1) is 0 Å². The van der Waals surface area contributed by atoms with Gasteiger partial charge in [-0.1, -0.05) is 206 Å². The van der Waals surface area contributed by atoms with E-state index in [2.05, 4.69) is 276 Å². The number of benzene rings is 11. The summed E-state index contributed by atoms with van der Waals surface area (Å²) in [7, 11) is 0. The first-order valence-electron chi connectivity index (χ1n) is 22.7. The number of hydrogen-bond donors (Lipinski definition) is 0. The van der Waals surface area contributed by atoms with Gasteiger partial charge in [0, 0.05) is 33.4 Å². The van der Waals surface area contributed by atoms with E-state index in [0.717, 1.165) is 33.9 Å². The van der Waals surface area contributed by atoms with Gasteiger partial charge < -0.3 is 9.47 Å². The normalized spacial score (nSPS) is 11.3. The van der Waals surface area contributed by atoms with Crippen molar-refractivity contribution in [2.24, 2.45) is 0 Å². The Morgan fingerprint density at radius 3 is 1.58 bits per heavy atom. The summed E-state index contributed by atoms with van der Waals surface area (Å²) in [4.78, 5) is 2.44. The maximum Gasteiger partial charge on any atom is 0.0547 e. The predicted octanol–water partition coefficient (Wildman–Crippen LogP) is 17.7. The van der Waals surface area contributed by atoms with E-state index >= 15 is 0 Å². The Morgan fingerprint density at radius 1 is 0.273 bits per heavy atom. The summed E-state index contributed by atoms with van der Waals surface area (Å²) in [5.41, 5.74) is 18.6. The van der Waals surface area contributed by atoms with Crippen molar-refractivity contribution in [2.75, 3.05) is 4.90 Å². The maximum atomic E-state index is 2.44. The molecule has 310 valence electrons. The van der Waals surface area contributed by atoms with E-state index in [1.54, 1.807) is 0 Å². The molecule has 0 amide bonds. The lowest BCUT2D eigenvalue weighted by molar-refractivity contribution is 1.18. The number of hydrogen-bond acceptors (Lipinski definition) is 1. The fourth-order valence-electron chi connectivity index (χ4n) is 9.96. The molecule has 66 heavy (non-hydrogen) atoms. The largest absolute Gasteiger partial charge is 0.310 e. The van der Waals surface area contributed by atoms with Crippen LogP contribution >= 0.6 is 0 Å². The number of aromatic nitrogens is 1. The zero-order chi connectivity index (χ0) is 43.8. The van der Waals surface area contributed by atoms with Crippen molar-refractivity contribution in [3.63, 3.8) is 0 Å². The Hall–Kier alpha value is -8.72. The second kappa shape index (κ2) is 16.8. The number of fused-ring (bicyclic) bond motifs is 4. The molecule has 0 radical (unpaired) electrons. The molecule has 2 nitrogen and oxygen atoms in total. The van der Waals surface area contributed by atoms with Gasteiger partial charge in [0.25, 0.3) is 0 Å². The summed E-state index contributed by atoms with van der Waals surface area (Å²) < 4.78 is 2.39. The van der Waals surface area contributed by atoms with Crippen LogP contribution in [0.2, 0.25) is 0 Å². The summed E-state index contributed by atoms with van der Waals surface area (Å²) >= 11 is 0. The third-order valence-electron chi connectivity index (χ3n) is 13.0. The van der Waals surface area contributed by atoms with Crippen LogP contribution in [0, 0.1) is 0 Å². The minimum Gasteiger partial charge on any atom is -0.310 e. The lowest BCUT2D eigenvalue weighted by Crippen LogP contribution is -2.11. The highest BCUT2D eigenvalue weighted by Gasteiger charge is 2.22. The van der Waals surface area contributed by atoms with E-state index < -0.39 is 0 Å². The second-order valence-corrected chi connectivity index (χ2v) is 16.9. The van der Waals surface area contributed by atoms with Crippen molar-refractivity contribution in [1.82, 2.24) is 4.57 Å². The van der Waals surface area contributed by atoms with Gasteiger partial charge in [0.05, 0.1) is 16.7 Å². The van der Waals surface area contributed by atoms with Gasteiger partial charge in [0.15, 0.2) is 0 Å². The molecule has 0 saturated heterocycles. The molecule has 12 rings (SSSR count). The molecule has 0 aliphatic heterocycles. The highest BCUT2D eigenvalue weighted by atomic mass is 15.1. The van der Waals surface area contributed by atoms with Crippen LogP contribution in [-0.2, 0) is 0 Å². The zero-order valence-corrected chi connectivity index (χ0v) is 36.3. The number of anilines is 3. The third kappa shape index (κ3) is 6.93. The van der Waals surface area contributed by atoms with E-state index in [0.29, 0.717) is 0 Å². The Labute approximate surface area is 385 Å². The molecule has 12 aromatic rings. The van der Waals surface area contributed by atoms with E-state index in [-0.39, 0.29) is 0 Å². The standard InChI is InChI=1S/C64H44N2/c1-3-20-46(21-4-1)54-27-9-10-28-56(54)57-29-11-12-30-58(57)59-31-13-15-34-61(59)65(53-26-17-23-49(44-53)50-38-37-45-19-7-8-22-48(45)43-50)52-41-39-47(40-42-52)55-33-18-36-63-64(55)60-32-14-16-35-62(60)66(63)51-24-5-2-6-25-51/h1-44H. The van der Waals surface area contributed by atoms with Crippen molar-refractivity contribution in [3.05, 3.63) is 267 Å². The lowest BCUT2D eigenvalue weighted by Gasteiger charge is -2.29. The first-order chi connectivity index (χ1) is 32.8. The van der Waals surface area contributed by atoms with Crippen LogP contribution in [0.1, 0.15) is 0 Å². The summed E-state index contributed by atoms with van der Waals surface area (Å²) in [6.45, 7) is 0. The van der Waals surface area contributed by atoms with Gasteiger partial charge in [0.1, 0.15) is 0 Å². The predicted molar refractivity (Wildman–Crippen MR) is 280 cm³/mol. The fourth-order valence-corrected chi connectivity index (χ4v) is 9.96. The molecule has 1 aromatic heterocycles. The Morgan fingerprint density at radius 2 is 0.788 bits per heavy atom. The Balaban J connectivity index is 1.03. The molecular weight excluding hydrogens is 797 g/mol. The van der Waals surface area contributed by atoms with Gasteiger partial charge in [-0.25, -0.2) is 0 Å². The smallest absolute Gasteiger partial charge is 0.0547 e. The molecule has 2 heteroatoms. The van der Waals surface area contributed by atoms with Crippen molar-refractivity contribution in [2.45, 2.75) is 0 Å². The van der Waals surface area contributed by atoms with Gasteiger partial charge in [-0.05, 0) is 122 Å². The summed E-state index contributed by atoms with van der Waals surface area (Å²) in [5, 5.41) is 4.96. The summed E-state index contributed by atoms with van der Waals surface area (Å²) in [6, 6.07) is 96.9. The van der Waals surface area contributed by atoms with Crippen molar-refractivity contribution in [1.29, 1.82) is 0 Å². The molecule has 0 aliphatic carbocycles. The molecule has 0 aliphatic rings. The van der Waals surface area contributed by atoms with Crippen LogP contribution in [-0.4, -0.2) is 4.57 Å². The van der Waals surface area contributed by atoms with Gasteiger partial charge >= 0.3 is 0 Å². The summed E-state index contributed by atoms with van der Waals surface area (Å²) in [6.07, 6.45) is 0. The fraction of sp³-hybridized carbons (Fsp3) is 0. The first-order valence-corrected chi connectivity index (χ1v) is 22.7. The third-order valence-corrected chi connectivity index (χ3v) is 13.0. The molecule has 0 N–H and O–H groups in total. The lowest BCUT2D eigenvalue weighted by atomic mass is 9.88. The minimum atomic E-state index is 1.07. The van der Waals surface area contributed by atoms with Crippen molar-refractivity contribution < 1.29 is 0 Å². The van der Waals surface area contributed by atoms with E-state index in [1.165, 1.54) is 77.1 Å². The molecule has 11 aromatic carbocycles. The van der Waals surface area contributed by atoms with Crippen LogP contribution < -0.4 is 4.90 Å². The molecule has 0 unspecified atom stereocenters. The van der Waals surface area contributed by atoms with E-state index in [4.69, 9.17) is 0 Å². The number of para-hydroxylation sites is 3. The molecular formula is C64H44N2. The molecule has 0 fully saturated rings. The monoisotopic (exact) mass is 840 g/mol. The Bertz CT molecular complexity index is 3700. The van der Waals surface area contributed by atoms with Crippen LogP contribution in [0.4, 0.5) is 17.1 Å². The molecule has 0 spiro atoms. The van der Waals surface area contributed by atoms with Crippen molar-refractivity contribution in [3.8, 4) is 61.3 Å². The van der Waals surface area contributed by atoms with E-state index in [9.17, 15) is 0 Å². The van der Waals surface area contributed by atoms with Crippen LogP contribution in [0.15, 0.2) is 267 Å². The highest BCUT2D eigenvalue weighted by Crippen LogP contribution is 2.47. The number of nitrogens with zero attached hydrogens (tertiary/aromatic N) is 2. The Kier molecular flexibility index (Phi) is 9.89. The molecule has 0 saturated carbocycles. The van der Waals surface area contributed by atoms with Gasteiger partial charge in [-0.2, -0.15) is 0 Å². The first kappa shape index (κ1) is 38.9. The maximum absolute atomic E-state index is 2.44. The average Bonchev–Trinajstić information content (AvgIpc) is 3.74. The second-order valence-electron chi connectivity index (χ2n) is 16.9. The van der Waals surface area contributed by atoms with E-state index in [1.807, 2.05) is 0 Å². The number of rotatable bonds is 9. The zero-order valence-electron chi connectivity index (χ0n) is 36.3. The van der Waals surface area contributed by atoms with Gasteiger partial charge in [0.2, 0.25) is 0 Å². The van der Waals surface area contributed by atoms with Crippen molar-refractivity contribution >= 4 is 49.6 Å². The highest BCUT2D eigenvalue weighted by molar-refractivity contribution is 6.16. The minimum absolute atomic E-state index is 1.07. The quantitative estimate of drug-likeness (QED) is 0.141. The average molecular weight is 841 g/mol. The molecule has 0 atom stereocenters. The summed E-state index contributed by atoms with van der Waals surface area (Å²) in [5.74, 6) is 0. The van der Waals surface area contributed by atoms with Gasteiger partial charge in [-0.3, -0.25) is 0 Å². The molecule has 0 bridgehead atoms. The SMILES string of the molecule is c1ccc(-c2ccccc2-c2ccccc2-c2ccccc2N(c2ccc(-c3cccc4c3c3ccccc3n4-c3ccccc3)cc2)c2cccc(-c3ccc4ccccc4c3)c2)cc1. The molecule has 1 heterocycles. The van der Waals surface area contributed by atoms with Crippen LogP contribution in [0.5, 0.6) is 0 Å². The topological polar surface area (TPSA) is 8.17 Å². The van der Waals surface area contributed by atoms with Crippen LogP contribution in [0.3, 0.4) is 0 Å².